The Balaban J connectivity index is 2.63. The van der Waals surface area contributed by atoms with Crippen molar-refractivity contribution < 1.29 is 9.47 Å². The second kappa shape index (κ2) is 4.81. The summed E-state index contributed by atoms with van der Waals surface area (Å²) in [5, 5.41) is 0. The summed E-state index contributed by atoms with van der Waals surface area (Å²) in [6.07, 6.45) is 3.53. The van der Waals surface area contributed by atoms with E-state index in [1.165, 1.54) is 17.5 Å². The van der Waals surface area contributed by atoms with Crippen molar-refractivity contribution >= 4 is 0 Å². The molecule has 1 fully saturated rings. The minimum atomic E-state index is 0.0943. The van der Waals surface area contributed by atoms with Crippen LogP contribution in [-0.4, -0.2) is 20.8 Å². The van der Waals surface area contributed by atoms with Gasteiger partial charge in [0.1, 0.15) is 0 Å². The molecule has 0 unspecified atom stereocenters. The highest BCUT2D eigenvalue weighted by Gasteiger charge is 2.40. The Morgan fingerprint density at radius 2 is 1.78 bits per heavy atom. The van der Waals surface area contributed by atoms with E-state index in [4.69, 9.17) is 15.2 Å². The zero-order valence-corrected chi connectivity index (χ0v) is 11.8. The third-order valence-corrected chi connectivity index (χ3v) is 4.42. The highest BCUT2D eigenvalue weighted by Crippen LogP contribution is 2.50. The first-order chi connectivity index (χ1) is 8.59. The lowest BCUT2D eigenvalue weighted by Gasteiger charge is -2.42. The molecule has 0 atom stereocenters. The largest absolute Gasteiger partial charge is 0.493 e. The molecule has 3 heteroatoms. The van der Waals surface area contributed by atoms with Crippen LogP contribution in [0.15, 0.2) is 6.07 Å². The van der Waals surface area contributed by atoms with Crippen LogP contribution >= 0.6 is 0 Å². The predicted molar refractivity (Wildman–Crippen MR) is 73.6 cm³/mol. The number of benzene rings is 1. The van der Waals surface area contributed by atoms with Crippen molar-refractivity contribution in [1.82, 2.24) is 0 Å². The molecule has 100 valence electrons. The lowest BCUT2D eigenvalue weighted by molar-refractivity contribution is 0.239. The molecule has 0 heterocycles. The van der Waals surface area contributed by atoms with Gasteiger partial charge in [-0.1, -0.05) is 12.5 Å². The van der Waals surface area contributed by atoms with Crippen LogP contribution in [0.25, 0.3) is 0 Å². The molecule has 0 bridgehead atoms. The van der Waals surface area contributed by atoms with E-state index < -0.39 is 0 Å². The topological polar surface area (TPSA) is 44.5 Å². The third kappa shape index (κ3) is 1.77. The molecule has 3 nitrogen and oxygen atoms in total. The molecule has 0 spiro atoms. The van der Waals surface area contributed by atoms with Gasteiger partial charge in [0.25, 0.3) is 0 Å². The Labute approximate surface area is 109 Å². The number of hydrogen-bond acceptors (Lipinski definition) is 3. The van der Waals surface area contributed by atoms with Crippen LogP contribution in [0.4, 0.5) is 0 Å². The fourth-order valence-electron chi connectivity index (χ4n) is 2.89. The molecule has 1 saturated carbocycles. The predicted octanol–water partition coefficient (Wildman–Crippen LogP) is 2.70. The molecule has 18 heavy (non-hydrogen) atoms. The number of nitrogens with two attached hydrogens (primary N) is 1. The van der Waals surface area contributed by atoms with E-state index in [2.05, 4.69) is 19.9 Å². The Hall–Kier alpha value is -1.22. The number of hydrogen-bond donors (Lipinski definition) is 1. The van der Waals surface area contributed by atoms with Crippen molar-refractivity contribution in [3.05, 3.63) is 22.8 Å². The minimum Gasteiger partial charge on any atom is -0.493 e. The zero-order valence-electron chi connectivity index (χ0n) is 11.8. The quantitative estimate of drug-likeness (QED) is 0.892. The van der Waals surface area contributed by atoms with E-state index >= 15 is 0 Å². The molecule has 2 N–H and O–H groups in total. The SMILES string of the molecule is COc1c(C2(CN)CCC2)cc(C)c(C)c1OC. The number of ether oxygens (including phenoxy) is 2. The summed E-state index contributed by atoms with van der Waals surface area (Å²) < 4.78 is 11.1. The molecular weight excluding hydrogens is 226 g/mol. The molecule has 1 aliphatic rings. The van der Waals surface area contributed by atoms with Crippen molar-refractivity contribution in [2.75, 3.05) is 20.8 Å². The first-order valence-corrected chi connectivity index (χ1v) is 6.52. The highest BCUT2D eigenvalue weighted by atomic mass is 16.5. The van der Waals surface area contributed by atoms with Crippen molar-refractivity contribution in [2.45, 2.75) is 38.5 Å². The first-order valence-electron chi connectivity index (χ1n) is 6.52. The summed E-state index contributed by atoms with van der Waals surface area (Å²) in [6.45, 7) is 4.86. The van der Waals surface area contributed by atoms with Crippen LogP contribution in [0, 0.1) is 13.8 Å². The van der Waals surface area contributed by atoms with Gasteiger partial charge in [0.05, 0.1) is 14.2 Å². The third-order valence-electron chi connectivity index (χ3n) is 4.42. The second-order valence-electron chi connectivity index (χ2n) is 5.27. The zero-order chi connectivity index (χ0) is 13.3. The van der Waals surface area contributed by atoms with Gasteiger partial charge >= 0.3 is 0 Å². The normalized spacial score (nSPS) is 17.2. The van der Waals surface area contributed by atoms with Gasteiger partial charge in [0, 0.05) is 17.5 Å². The van der Waals surface area contributed by atoms with Crippen LogP contribution in [0.1, 0.15) is 36.0 Å². The van der Waals surface area contributed by atoms with Gasteiger partial charge in [0.2, 0.25) is 0 Å². The Morgan fingerprint density at radius 1 is 1.17 bits per heavy atom. The molecule has 0 radical (unpaired) electrons. The standard InChI is InChI=1S/C15H23NO2/c1-10-8-12(15(9-16)6-5-7-15)14(18-4)13(17-3)11(10)2/h8H,5-7,9,16H2,1-4H3. The van der Waals surface area contributed by atoms with Crippen LogP contribution < -0.4 is 15.2 Å². The summed E-state index contributed by atoms with van der Waals surface area (Å²) in [6, 6.07) is 2.22. The second-order valence-corrected chi connectivity index (χ2v) is 5.27. The molecule has 1 aromatic carbocycles. The number of rotatable bonds is 4. The fraction of sp³-hybridized carbons (Fsp3) is 0.600. The average molecular weight is 249 g/mol. The maximum Gasteiger partial charge on any atom is 0.164 e. The van der Waals surface area contributed by atoms with Crippen molar-refractivity contribution in [2.24, 2.45) is 5.73 Å². The Morgan fingerprint density at radius 3 is 2.17 bits per heavy atom. The first kappa shape index (κ1) is 13.2. The molecule has 1 aliphatic carbocycles. The summed E-state index contributed by atoms with van der Waals surface area (Å²) in [4.78, 5) is 0. The van der Waals surface area contributed by atoms with Gasteiger partial charge in [-0.3, -0.25) is 0 Å². The average Bonchev–Trinajstić information content (AvgIpc) is 2.32. The number of aryl methyl sites for hydroxylation is 1. The molecule has 0 saturated heterocycles. The van der Waals surface area contributed by atoms with Crippen LogP contribution in [0.2, 0.25) is 0 Å². The van der Waals surface area contributed by atoms with Crippen LogP contribution in [-0.2, 0) is 5.41 Å². The fourth-order valence-corrected chi connectivity index (χ4v) is 2.89. The molecule has 0 aliphatic heterocycles. The van der Waals surface area contributed by atoms with Gasteiger partial charge in [-0.05, 0) is 37.8 Å². The van der Waals surface area contributed by atoms with E-state index in [1.54, 1.807) is 14.2 Å². The van der Waals surface area contributed by atoms with Gasteiger partial charge in [-0.25, -0.2) is 0 Å². The maximum atomic E-state index is 6.01. The summed E-state index contributed by atoms with van der Waals surface area (Å²) >= 11 is 0. The summed E-state index contributed by atoms with van der Waals surface area (Å²) in [5.41, 5.74) is 9.70. The lowest BCUT2D eigenvalue weighted by atomic mass is 9.64. The maximum absolute atomic E-state index is 6.01. The summed E-state index contributed by atoms with van der Waals surface area (Å²) in [7, 11) is 3.41. The van der Waals surface area contributed by atoms with Crippen LogP contribution in [0.3, 0.4) is 0 Å². The van der Waals surface area contributed by atoms with Gasteiger partial charge in [0.15, 0.2) is 11.5 Å². The monoisotopic (exact) mass is 249 g/mol. The number of methoxy groups -OCH3 is 2. The van der Waals surface area contributed by atoms with E-state index in [1.807, 2.05) is 0 Å². The molecule has 0 amide bonds. The van der Waals surface area contributed by atoms with Crippen molar-refractivity contribution in [3.8, 4) is 11.5 Å². The van der Waals surface area contributed by atoms with Crippen molar-refractivity contribution in [3.63, 3.8) is 0 Å². The summed E-state index contributed by atoms with van der Waals surface area (Å²) in [5.74, 6) is 1.72. The van der Waals surface area contributed by atoms with Gasteiger partial charge < -0.3 is 15.2 Å². The van der Waals surface area contributed by atoms with E-state index in [0.29, 0.717) is 6.54 Å². The van der Waals surface area contributed by atoms with E-state index in [9.17, 15) is 0 Å². The van der Waals surface area contributed by atoms with E-state index in [-0.39, 0.29) is 5.41 Å². The van der Waals surface area contributed by atoms with E-state index in [0.717, 1.165) is 29.9 Å². The van der Waals surface area contributed by atoms with Gasteiger partial charge in [-0.2, -0.15) is 0 Å². The molecule has 0 aromatic heterocycles. The van der Waals surface area contributed by atoms with Crippen LogP contribution in [0.5, 0.6) is 11.5 Å². The molecule has 1 aromatic rings. The smallest absolute Gasteiger partial charge is 0.164 e. The highest BCUT2D eigenvalue weighted by molar-refractivity contribution is 5.58. The molecule has 2 rings (SSSR count). The van der Waals surface area contributed by atoms with Crippen molar-refractivity contribution in [1.29, 1.82) is 0 Å². The Kier molecular flexibility index (Phi) is 3.53. The minimum absolute atomic E-state index is 0.0943. The Bertz CT molecular complexity index is 445. The molecular formula is C15H23NO2. The lowest BCUT2D eigenvalue weighted by Crippen LogP contribution is -2.42. The van der Waals surface area contributed by atoms with Gasteiger partial charge in [-0.15, -0.1) is 0 Å².